The van der Waals surface area contributed by atoms with Crippen molar-refractivity contribution in [2.75, 3.05) is 18.1 Å². The molecule has 1 aromatic carbocycles. The first-order valence-electron chi connectivity index (χ1n) is 5.82. The Morgan fingerprint density at radius 3 is 2.43 bits per heavy atom. The molecular formula is C11H14INO6S2. The fourth-order valence-electron chi connectivity index (χ4n) is 1.39. The van der Waals surface area contributed by atoms with Gasteiger partial charge in [-0.3, -0.25) is 0 Å². The van der Waals surface area contributed by atoms with Crippen LogP contribution in [-0.4, -0.2) is 46.0 Å². The molecule has 0 aliphatic carbocycles. The summed E-state index contributed by atoms with van der Waals surface area (Å²) in [5.41, 5.74) is -0.125. The fraction of sp³-hybridized carbons (Fsp3) is 0.364. The number of nitrogens with one attached hydrogen (secondary N) is 1. The third-order valence-electron chi connectivity index (χ3n) is 2.62. The first kappa shape index (κ1) is 18.3. The number of carbonyl (C=O) groups is 1. The van der Waals surface area contributed by atoms with E-state index in [0.29, 0.717) is 3.57 Å². The van der Waals surface area contributed by atoms with Crippen molar-refractivity contribution in [1.29, 1.82) is 0 Å². The molecule has 0 heterocycles. The lowest BCUT2D eigenvalue weighted by molar-refractivity contribution is 0.0695. The van der Waals surface area contributed by atoms with Crippen LogP contribution in [0.4, 0.5) is 0 Å². The van der Waals surface area contributed by atoms with Crippen LogP contribution in [0.25, 0.3) is 0 Å². The molecule has 0 spiro atoms. The number of aromatic carboxylic acids is 1. The number of hydrogen-bond acceptors (Lipinski definition) is 5. The lowest BCUT2D eigenvalue weighted by atomic mass is 10.2. The second-order valence-corrected chi connectivity index (χ2v) is 9.48. The van der Waals surface area contributed by atoms with Crippen LogP contribution in [0.5, 0.6) is 0 Å². The van der Waals surface area contributed by atoms with Crippen molar-refractivity contribution < 1.29 is 26.7 Å². The smallest absolute Gasteiger partial charge is 0.336 e. The summed E-state index contributed by atoms with van der Waals surface area (Å²) in [6.45, 7) is 1.22. The summed E-state index contributed by atoms with van der Waals surface area (Å²) >= 11 is 1.79. The Morgan fingerprint density at radius 2 is 1.90 bits per heavy atom. The topological polar surface area (TPSA) is 118 Å². The number of sulfonamides is 1. The molecule has 0 aromatic heterocycles. The summed E-state index contributed by atoms with van der Waals surface area (Å²) in [7, 11) is -7.22. The van der Waals surface area contributed by atoms with E-state index in [1.54, 1.807) is 22.6 Å². The van der Waals surface area contributed by atoms with E-state index >= 15 is 0 Å². The molecule has 118 valence electrons. The zero-order valence-electron chi connectivity index (χ0n) is 11.0. The highest BCUT2D eigenvalue weighted by Gasteiger charge is 2.19. The second kappa shape index (κ2) is 7.03. The minimum Gasteiger partial charge on any atom is -0.478 e. The van der Waals surface area contributed by atoms with Crippen molar-refractivity contribution in [3.8, 4) is 0 Å². The molecule has 0 fully saturated rings. The number of hydrogen-bond donors (Lipinski definition) is 2. The van der Waals surface area contributed by atoms with E-state index in [9.17, 15) is 21.6 Å². The molecule has 0 radical (unpaired) electrons. The standard InChI is InChI=1S/C11H14INO6S2/c1-2-20(16,17)6-5-13-21(18,19)8-3-4-10(12)9(7-8)11(14)15/h3-4,7,13H,2,5-6H2,1H3,(H,14,15). The number of carboxylic acid groups (broad SMARTS) is 1. The van der Waals surface area contributed by atoms with Gasteiger partial charge in [0.05, 0.1) is 16.2 Å². The van der Waals surface area contributed by atoms with Crippen LogP contribution >= 0.6 is 22.6 Å². The van der Waals surface area contributed by atoms with Crippen LogP contribution < -0.4 is 4.72 Å². The summed E-state index contributed by atoms with van der Waals surface area (Å²) in [4.78, 5) is 10.8. The van der Waals surface area contributed by atoms with Gasteiger partial charge >= 0.3 is 5.97 Å². The maximum Gasteiger partial charge on any atom is 0.336 e. The van der Waals surface area contributed by atoms with Gasteiger partial charge in [0.2, 0.25) is 10.0 Å². The molecule has 0 saturated heterocycles. The number of halogens is 1. The van der Waals surface area contributed by atoms with Gasteiger partial charge in [0.1, 0.15) is 0 Å². The predicted molar refractivity (Wildman–Crippen MR) is 85.6 cm³/mol. The van der Waals surface area contributed by atoms with Gasteiger partial charge in [-0.15, -0.1) is 0 Å². The van der Waals surface area contributed by atoms with Crippen LogP contribution in [0.1, 0.15) is 17.3 Å². The second-order valence-electron chi connectivity index (χ2n) is 4.08. The molecule has 1 aromatic rings. The fourth-order valence-corrected chi connectivity index (χ4v) is 3.85. The lowest BCUT2D eigenvalue weighted by Crippen LogP contribution is -2.29. The third-order valence-corrected chi connectivity index (χ3v) is 6.73. The Balaban J connectivity index is 2.94. The van der Waals surface area contributed by atoms with Crippen molar-refractivity contribution in [3.05, 3.63) is 27.3 Å². The van der Waals surface area contributed by atoms with Crippen LogP contribution in [0.3, 0.4) is 0 Å². The summed E-state index contributed by atoms with van der Waals surface area (Å²) in [5, 5.41) is 8.97. The summed E-state index contributed by atoms with van der Waals surface area (Å²) in [6.07, 6.45) is 0. The minimum atomic E-state index is -3.94. The lowest BCUT2D eigenvalue weighted by Gasteiger charge is -2.08. The maximum absolute atomic E-state index is 12.0. The highest BCUT2D eigenvalue weighted by Crippen LogP contribution is 2.17. The summed E-state index contributed by atoms with van der Waals surface area (Å²) in [5.74, 6) is -1.61. The summed E-state index contributed by atoms with van der Waals surface area (Å²) < 4.78 is 49.1. The molecule has 10 heteroatoms. The quantitative estimate of drug-likeness (QED) is 0.595. The number of rotatable bonds is 7. The van der Waals surface area contributed by atoms with Gasteiger partial charge in [-0.05, 0) is 40.8 Å². The largest absolute Gasteiger partial charge is 0.478 e. The average molecular weight is 447 g/mol. The molecule has 0 unspecified atom stereocenters. The Labute approximate surface area is 136 Å². The van der Waals surface area contributed by atoms with Crippen LogP contribution in [-0.2, 0) is 19.9 Å². The Bertz CT molecular complexity index is 742. The normalized spacial score (nSPS) is 12.3. The Hall–Kier alpha value is -0.720. The average Bonchev–Trinajstić information content (AvgIpc) is 2.38. The van der Waals surface area contributed by atoms with Crippen molar-refractivity contribution in [1.82, 2.24) is 4.72 Å². The third kappa shape index (κ3) is 5.20. The number of carboxylic acids is 1. The van der Waals surface area contributed by atoms with E-state index in [2.05, 4.69) is 4.72 Å². The van der Waals surface area contributed by atoms with Crippen LogP contribution in [0.15, 0.2) is 23.1 Å². The van der Waals surface area contributed by atoms with E-state index in [1.165, 1.54) is 19.1 Å². The highest BCUT2D eigenvalue weighted by molar-refractivity contribution is 14.1. The molecule has 2 N–H and O–H groups in total. The van der Waals surface area contributed by atoms with Gasteiger partial charge in [0, 0.05) is 15.9 Å². The van der Waals surface area contributed by atoms with Crippen molar-refractivity contribution in [2.24, 2.45) is 0 Å². The van der Waals surface area contributed by atoms with Gasteiger partial charge in [0.25, 0.3) is 0 Å². The minimum absolute atomic E-state index is 0.0680. The van der Waals surface area contributed by atoms with Crippen molar-refractivity contribution in [2.45, 2.75) is 11.8 Å². The molecule has 7 nitrogen and oxygen atoms in total. The molecule has 0 atom stereocenters. The first-order valence-corrected chi connectivity index (χ1v) is 10.2. The SMILES string of the molecule is CCS(=O)(=O)CCNS(=O)(=O)c1ccc(I)c(C(=O)O)c1. The van der Waals surface area contributed by atoms with Gasteiger partial charge in [-0.2, -0.15) is 0 Å². The van der Waals surface area contributed by atoms with E-state index in [-0.39, 0.29) is 28.5 Å². The van der Waals surface area contributed by atoms with Gasteiger partial charge in [-0.1, -0.05) is 6.92 Å². The van der Waals surface area contributed by atoms with Gasteiger partial charge in [0.15, 0.2) is 9.84 Å². The molecule has 0 aliphatic heterocycles. The van der Waals surface area contributed by atoms with Crippen LogP contribution in [0, 0.1) is 3.57 Å². The molecule has 0 bridgehead atoms. The predicted octanol–water partition coefficient (Wildman–Crippen LogP) is 0.702. The molecular weight excluding hydrogens is 433 g/mol. The number of sulfone groups is 1. The van der Waals surface area contributed by atoms with E-state index in [1.807, 2.05) is 0 Å². The Kier molecular flexibility index (Phi) is 6.13. The summed E-state index contributed by atoms with van der Waals surface area (Å²) in [6, 6.07) is 3.69. The molecule has 21 heavy (non-hydrogen) atoms. The highest BCUT2D eigenvalue weighted by atomic mass is 127. The van der Waals surface area contributed by atoms with Crippen molar-refractivity contribution >= 4 is 48.4 Å². The zero-order chi connectivity index (χ0) is 16.3. The van der Waals surface area contributed by atoms with Gasteiger partial charge in [-0.25, -0.2) is 26.4 Å². The maximum atomic E-state index is 12.0. The zero-order valence-corrected chi connectivity index (χ0v) is 14.8. The molecule has 0 amide bonds. The molecule has 1 rings (SSSR count). The molecule has 0 aliphatic rings. The van der Waals surface area contributed by atoms with Gasteiger partial charge < -0.3 is 5.11 Å². The Morgan fingerprint density at radius 1 is 1.29 bits per heavy atom. The van der Waals surface area contributed by atoms with Crippen LogP contribution in [0.2, 0.25) is 0 Å². The monoisotopic (exact) mass is 447 g/mol. The van der Waals surface area contributed by atoms with E-state index in [4.69, 9.17) is 5.11 Å². The first-order chi connectivity index (χ1) is 9.59. The van der Waals surface area contributed by atoms with E-state index in [0.717, 1.165) is 6.07 Å². The van der Waals surface area contributed by atoms with Crippen molar-refractivity contribution in [3.63, 3.8) is 0 Å². The van der Waals surface area contributed by atoms with E-state index < -0.39 is 25.8 Å². The molecule has 0 saturated carbocycles. The number of benzene rings is 1.